The molecule has 0 radical (unpaired) electrons. The average molecular weight is 191 g/mol. The van der Waals surface area contributed by atoms with E-state index in [2.05, 4.69) is 38.1 Å². The van der Waals surface area contributed by atoms with E-state index in [1.54, 1.807) is 12.4 Å². The van der Waals surface area contributed by atoms with Crippen molar-refractivity contribution < 1.29 is 0 Å². The van der Waals surface area contributed by atoms with Crippen molar-refractivity contribution in [2.75, 3.05) is 0 Å². The topological polar surface area (TPSA) is 24.7 Å². The Morgan fingerprint density at radius 2 is 2.00 bits per heavy atom. The Labute approximate surface area is 60.8 Å². The molecule has 0 saturated heterocycles. The number of halogens is 1. The Balaban J connectivity index is 2.68. The summed E-state index contributed by atoms with van der Waals surface area (Å²) in [4.78, 5) is 7.71. The number of hydrogen-bond acceptors (Lipinski definition) is 1. The molecule has 0 bridgehead atoms. The first kappa shape index (κ1) is 6.04. The van der Waals surface area contributed by atoms with Crippen LogP contribution >= 0.6 is 28.1 Å². The molecule has 42 valence electrons. The van der Waals surface area contributed by atoms with Crippen molar-refractivity contribution in [3.8, 4) is 0 Å². The molecule has 0 aromatic carbocycles. The highest BCUT2D eigenvalue weighted by Gasteiger charge is 1.99. The van der Waals surface area contributed by atoms with Crippen LogP contribution in [0.4, 0.5) is 0 Å². The fourth-order valence-corrected chi connectivity index (χ4v) is 0.700. The van der Waals surface area contributed by atoms with Gasteiger partial charge in [0.05, 0.1) is 4.83 Å². The summed E-state index contributed by atoms with van der Waals surface area (Å²) in [5.74, 6) is 0. The van der Waals surface area contributed by atoms with Crippen LogP contribution in [-0.2, 0) is 0 Å². The van der Waals surface area contributed by atoms with Crippen LogP contribution < -0.4 is 0 Å². The standard InChI is InChI=1S/C4H3BrN2S/c5-3-1-6-4(8)7-2-3/h1-3H. The summed E-state index contributed by atoms with van der Waals surface area (Å²) < 4.78 is 0. The van der Waals surface area contributed by atoms with Gasteiger partial charge in [-0.05, 0) is 12.2 Å². The van der Waals surface area contributed by atoms with Crippen LogP contribution in [0.2, 0.25) is 0 Å². The van der Waals surface area contributed by atoms with E-state index in [0.29, 0.717) is 5.11 Å². The van der Waals surface area contributed by atoms with E-state index in [1.807, 2.05) is 0 Å². The number of aliphatic imine (C=N–C) groups is 2. The number of alkyl halides is 1. The van der Waals surface area contributed by atoms with Crippen LogP contribution in [0.3, 0.4) is 0 Å². The molecule has 0 N–H and O–H groups in total. The molecule has 2 nitrogen and oxygen atoms in total. The second kappa shape index (κ2) is 2.46. The Morgan fingerprint density at radius 1 is 1.50 bits per heavy atom. The maximum absolute atomic E-state index is 4.64. The largest absolute Gasteiger partial charge is 0.230 e. The van der Waals surface area contributed by atoms with Gasteiger partial charge in [0.15, 0.2) is 0 Å². The maximum atomic E-state index is 4.64. The molecule has 0 saturated carbocycles. The molecule has 1 aliphatic heterocycles. The highest BCUT2D eigenvalue weighted by Crippen LogP contribution is 1.98. The Hall–Kier alpha value is -0.0900. The SMILES string of the molecule is S=C1N=CC(Br)C=N1. The molecule has 1 rings (SSSR count). The Morgan fingerprint density at radius 3 is 2.38 bits per heavy atom. The molecule has 8 heavy (non-hydrogen) atoms. The van der Waals surface area contributed by atoms with Gasteiger partial charge in [-0.3, -0.25) is 0 Å². The van der Waals surface area contributed by atoms with Gasteiger partial charge in [0, 0.05) is 12.4 Å². The van der Waals surface area contributed by atoms with Crippen molar-refractivity contribution in [3.05, 3.63) is 0 Å². The van der Waals surface area contributed by atoms with E-state index < -0.39 is 0 Å². The maximum Gasteiger partial charge on any atom is 0.218 e. The van der Waals surface area contributed by atoms with Crippen LogP contribution in [0, 0.1) is 0 Å². The average Bonchev–Trinajstić information content (AvgIpc) is 1.77. The molecule has 0 unspecified atom stereocenters. The normalized spacial score (nSPS) is 19.9. The van der Waals surface area contributed by atoms with Gasteiger partial charge in [0.1, 0.15) is 0 Å². The van der Waals surface area contributed by atoms with Gasteiger partial charge in [-0.25, -0.2) is 9.98 Å². The molecule has 1 heterocycles. The molecule has 1 aliphatic rings. The van der Waals surface area contributed by atoms with Crippen molar-refractivity contribution in [2.24, 2.45) is 9.98 Å². The summed E-state index contributed by atoms with van der Waals surface area (Å²) in [6.45, 7) is 0. The number of hydrogen-bond donors (Lipinski definition) is 0. The van der Waals surface area contributed by atoms with Crippen molar-refractivity contribution in [1.29, 1.82) is 0 Å². The molecular weight excluding hydrogens is 188 g/mol. The molecule has 0 aliphatic carbocycles. The van der Waals surface area contributed by atoms with E-state index in [4.69, 9.17) is 0 Å². The Kier molecular flexibility index (Phi) is 1.85. The van der Waals surface area contributed by atoms with E-state index >= 15 is 0 Å². The third kappa shape index (κ3) is 1.45. The van der Waals surface area contributed by atoms with Crippen molar-refractivity contribution >= 4 is 45.7 Å². The van der Waals surface area contributed by atoms with Gasteiger partial charge in [-0.2, -0.15) is 0 Å². The lowest BCUT2D eigenvalue weighted by atomic mass is 10.5. The van der Waals surface area contributed by atoms with Crippen LogP contribution in [0.1, 0.15) is 0 Å². The van der Waals surface area contributed by atoms with E-state index in [-0.39, 0.29) is 4.83 Å². The van der Waals surface area contributed by atoms with Gasteiger partial charge in [-0.1, -0.05) is 15.9 Å². The number of rotatable bonds is 0. The summed E-state index contributed by atoms with van der Waals surface area (Å²) in [7, 11) is 0. The summed E-state index contributed by atoms with van der Waals surface area (Å²) in [5, 5.41) is 0.403. The van der Waals surface area contributed by atoms with Gasteiger partial charge in [-0.15, -0.1) is 0 Å². The monoisotopic (exact) mass is 190 g/mol. The lowest BCUT2D eigenvalue weighted by Gasteiger charge is -1.98. The van der Waals surface area contributed by atoms with E-state index in [9.17, 15) is 0 Å². The van der Waals surface area contributed by atoms with Crippen LogP contribution in [0.5, 0.6) is 0 Å². The molecule has 0 atom stereocenters. The highest BCUT2D eigenvalue weighted by molar-refractivity contribution is 9.10. The van der Waals surface area contributed by atoms with Crippen molar-refractivity contribution in [2.45, 2.75) is 4.83 Å². The molecule has 0 aromatic rings. The molecule has 0 amide bonds. The molecule has 0 spiro atoms. The van der Waals surface area contributed by atoms with Crippen LogP contribution in [0.25, 0.3) is 0 Å². The first-order valence-corrected chi connectivity index (χ1v) is 3.38. The number of nitrogens with zero attached hydrogens (tertiary/aromatic N) is 2. The predicted octanol–water partition coefficient (Wildman–Crippen LogP) is 1.19. The first-order chi connectivity index (χ1) is 3.79. The summed E-state index contributed by atoms with van der Waals surface area (Å²) in [5.41, 5.74) is 0. The minimum atomic E-state index is 0.161. The zero-order chi connectivity index (χ0) is 5.98. The molecular formula is C4H3BrN2S. The minimum absolute atomic E-state index is 0.161. The van der Waals surface area contributed by atoms with E-state index in [1.165, 1.54) is 0 Å². The smallest absolute Gasteiger partial charge is 0.218 e. The quantitative estimate of drug-likeness (QED) is 0.417. The highest BCUT2D eigenvalue weighted by atomic mass is 79.9. The van der Waals surface area contributed by atoms with E-state index in [0.717, 1.165) is 0 Å². The lowest BCUT2D eigenvalue weighted by Crippen LogP contribution is -2.08. The second-order valence-corrected chi connectivity index (χ2v) is 2.71. The first-order valence-electron chi connectivity index (χ1n) is 2.05. The molecule has 0 fully saturated rings. The van der Waals surface area contributed by atoms with Gasteiger partial charge in [0.2, 0.25) is 5.11 Å². The summed E-state index contributed by atoms with van der Waals surface area (Å²) in [6.07, 6.45) is 3.41. The fourth-order valence-electron chi connectivity index (χ4n) is 0.342. The van der Waals surface area contributed by atoms with Gasteiger partial charge in [0.25, 0.3) is 0 Å². The summed E-state index contributed by atoms with van der Waals surface area (Å²) >= 11 is 7.90. The predicted molar refractivity (Wildman–Crippen MR) is 42.3 cm³/mol. The molecule has 4 heteroatoms. The minimum Gasteiger partial charge on any atom is -0.230 e. The second-order valence-electron chi connectivity index (χ2n) is 1.28. The molecule has 0 aromatic heterocycles. The Bertz CT molecular complexity index is 147. The van der Waals surface area contributed by atoms with Crippen molar-refractivity contribution in [3.63, 3.8) is 0 Å². The number of thiocarbonyl (C=S) groups is 1. The van der Waals surface area contributed by atoms with Crippen LogP contribution in [0.15, 0.2) is 9.98 Å². The zero-order valence-electron chi connectivity index (χ0n) is 3.91. The fraction of sp³-hybridized carbons (Fsp3) is 0.250. The van der Waals surface area contributed by atoms with Gasteiger partial charge >= 0.3 is 0 Å². The lowest BCUT2D eigenvalue weighted by molar-refractivity contribution is 1.53. The van der Waals surface area contributed by atoms with Crippen LogP contribution in [-0.4, -0.2) is 22.4 Å². The van der Waals surface area contributed by atoms with Gasteiger partial charge < -0.3 is 0 Å². The summed E-state index contributed by atoms with van der Waals surface area (Å²) in [6, 6.07) is 0. The third-order valence-electron chi connectivity index (χ3n) is 0.655. The zero-order valence-corrected chi connectivity index (χ0v) is 6.32. The third-order valence-corrected chi connectivity index (χ3v) is 1.34. The van der Waals surface area contributed by atoms with Crippen molar-refractivity contribution in [1.82, 2.24) is 0 Å².